The van der Waals surface area contributed by atoms with E-state index in [0.29, 0.717) is 31.8 Å². The van der Waals surface area contributed by atoms with Gasteiger partial charge in [-0.1, -0.05) is 0 Å². The number of carbonyl (C=O) groups is 1. The number of aryl methyl sites for hydroxylation is 1. The first-order valence-corrected chi connectivity index (χ1v) is 5.75. The SMILES string of the molecule is Cc1ncccc1C(=O)N1CCOC(CN)C1.Cl.Cl. The molecule has 1 saturated heterocycles. The van der Waals surface area contributed by atoms with Crippen molar-refractivity contribution >= 4 is 30.7 Å². The van der Waals surface area contributed by atoms with Gasteiger partial charge in [0.1, 0.15) is 0 Å². The topological polar surface area (TPSA) is 68.5 Å². The number of hydrogen-bond donors (Lipinski definition) is 1. The molecule has 0 aliphatic carbocycles. The Balaban J connectivity index is 0.00000162. The van der Waals surface area contributed by atoms with Crippen molar-refractivity contribution < 1.29 is 9.53 Å². The Morgan fingerprint density at radius 1 is 1.58 bits per heavy atom. The van der Waals surface area contributed by atoms with Crippen molar-refractivity contribution in [3.8, 4) is 0 Å². The zero-order valence-corrected chi connectivity index (χ0v) is 12.4. The molecule has 7 heteroatoms. The molecule has 19 heavy (non-hydrogen) atoms. The van der Waals surface area contributed by atoms with E-state index in [9.17, 15) is 4.79 Å². The minimum atomic E-state index is -0.0512. The number of ether oxygens (including phenoxy) is 1. The summed E-state index contributed by atoms with van der Waals surface area (Å²) in [4.78, 5) is 18.2. The van der Waals surface area contributed by atoms with Gasteiger partial charge in [0.2, 0.25) is 0 Å². The van der Waals surface area contributed by atoms with Crippen LogP contribution in [-0.2, 0) is 4.74 Å². The zero-order valence-electron chi connectivity index (χ0n) is 10.7. The molecule has 2 heterocycles. The third kappa shape index (κ3) is 4.31. The van der Waals surface area contributed by atoms with E-state index in [2.05, 4.69) is 4.98 Å². The summed E-state index contributed by atoms with van der Waals surface area (Å²) in [5, 5.41) is 0. The van der Waals surface area contributed by atoms with Gasteiger partial charge in [0.15, 0.2) is 0 Å². The van der Waals surface area contributed by atoms with Crippen LogP contribution in [0.4, 0.5) is 0 Å². The second kappa shape index (κ2) is 8.32. The molecule has 0 bridgehead atoms. The lowest BCUT2D eigenvalue weighted by molar-refractivity contribution is -0.0168. The van der Waals surface area contributed by atoms with Gasteiger partial charge in [-0.3, -0.25) is 9.78 Å². The molecule has 0 aromatic carbocycles. The number of nitrogens with zero attached hydrogens (tertiary/aromatic N) is 2. The van der Waals surface area contributed by atoms with Crippen molar-refractivity contribution in [1.29, 1.82) is 0 Å². The van der Waals surface area contributed by atoms with Gasteiger partial charge in [0.05, 0.1) is 18.3 Å². The Kier molecular flexibility index (Phi) is 7.94. The van der Waals surface area contributed by atoms with Crippen LogP contribution < -0.4 is 5.73 Å². The van der Waals surface area contributed by atoms with Gasteiger partial charge in [-0.2, -0.15) is 0 Å². The maximum atomic E-state index is 12.3. The molecule has 2 N–H and O–H groups in total. The lowest BCUT2D eigenvalue weighted by atomic mass is 10.1. The molecule has 1 aliphatic heterocycles. The van der Waals surface area contributed by atoms with Gasteiger partial charge in [0, 0.05) is 31.5 Å². The number of halogens is 2. The minimum absolute atomic E-state index is 0. The predicted molar refractivity (Wildman–Crippen MR) is 78.2 cm³/mol. The molecule has 1 aliphatic rings. The van der Waals surface area contributed by atoms with Gasteiger partial charge in [-0.15, -0.1) is 24.8 Å². The molecule has 0 radical (unpaired) electrons. The Morgan fingerprint density at radius 3 is 2.95 bits per heavy atom. The second-order valence-electron chi connectivity index (χ2n) is 4.12. The fourth-order valence-electron chi connectivity index (χ4n) is 1.93. The number of nitrogens with two attached hydrogens (primary N) is 1. The number of aromatic nitrogens is 1. The lowest BCUT2D eigenvalue weighted by Crippen LogP contribution is -2.48. The highest BCUT2D eigenvalue weighted by molar-refractivity contribution is 5.95. The average Bonchev–Trinajstić information content (AvgIpc) is 2.38. The Hall–Kier alpha value is -0.880. The summed E-state index contributed by atoms with van der Waals surface area (Å²) in [6.07, 6.45) is 1.64. The van der Waals surface area contributed by atoms with Gasteiger partial charge in [-0.25, -0.2) is 0 Å². The summed E-state index contributed by atoms with van der Waals surface area (Å²) >= 11 is 0. The molecule has 5 nitrogen and oxygen atoms in total. The van der Waals surface area contributed by atoms with Crippen LogP contribution in [0.25, 0.3) is 0 Å². The molecule has 1 aromatic heterocycles. The molecule has 0 spiro atoms. The molecular weight excluding hydrogens is 289 g/mol. The van der Waals surface area contributed by atoms with E-state index in [1.54, 1.807) is 23.2 Å². The number of carbonyl (C=O) groups excluding carboxylic acids is 1. The third-order valence-corrected chi connectivity index (χ3v) is 2.93. The number of hydrogen-bond acceptors (Lipinski definition) is 4. The summed E-state index contributed by atoms with van der Waals surface area (Å²) in [6.45, 7) is 4.00. The zero-order chi connectivity index (χ0) is 12.3. The maximum Gasteiger partial charge on any atom is 0.255 e. The van der Waals surface area contributed by atoms with Crippen LogP contribution in [0.1, 0.15) is 16.1 Å². The minimum Gasteiger partial charge on any atom is -0.373 e. The van der Waals surface area contributed by atoms with Crippen LogP contribution >= 0.6 is 24.8 Å². The summed E-state index contributed by atoms with van der Waals surface area (Å²) < 4.78 is 5.44. The Morgan fingerprint density at radius 2 is 2.32 bits per heavy atom. The Labute approximate surface area is 125 Å². The van der Waals surface area contributed by atoms with Gasteiger partial charge in [0.25, 0.3) is 5.91 Å². The smallest absolute Gasteiger partial charge is 0.255 e. The summed E-state index contributed by atoms with van der Waals surface area (Å²) in [7, 11) is 0. The molecule has 2 rings (SSSR count). The van der Waals surface area contributed by atoms with Crippen LogP contribution in [0.3, 0.4) is 0 Å². The van der Waals surface area contributed by atoms with E-state index in [0.717, 1.165) is 5.69 Å². The fraction of sp³-hybridized carbons (Fsp3) is 0.500. The first-order valence-electron chi connectivity index (χ1n) is 5.75. The highest BCUT2D eigenvalue weighted by atomic mass is 35.5. The second-order valence-corrected chi connectivity index (χ2v) is 4.12. The number of amides is 1. The van der Waals surface area contributed by atoms with Crippen molar-refractivity contribution in [3.63, 3.8) is 0 Å². The van der Waals surface area contributed by atoms with E-state index in [4.69, 9.17) is 10.5 Å². The van der Waals surface area contributed by atoms with Gasteiger partial charge < -0.3 is 15.4 Å². The molecule has 0 saturated carbocycles. The summed E-state index contributed by atoms with van der Waals surface area (Å²) in [5.74, 6) is 0.0114. The molecule has 1 atom stereocenters. The van der Waals surface area contributed by atoms with E-state index >= 15 is 0 Å². The highest BCUT2D eigenvalue weighted by Crippen LogP contribution is 2.12. The van der Waals surface area contributed by atoms with Crippen molar-refractivity contribution in [2.24, 2.45) is 5.73 Å². The van der Waals surface area contributed by atoms with E-state index in [1.165, 1.54) is 0 Å². The molecule has 1 unspecified atom stereocenters. The number of morpholine rings is 1. The van der Waals surface area contributed by atoms with Gasteiger partial charge in [-0.05, 0) is 19.1 Å². The van der Waals surface area contributed by atoms with Crippen LogP contribution in [0.2, 0.25) is 0 Å². The third-order valence-electron chi connectivity index (χ3n) is 2.93. The first-order chi connectivity index (χ1) is 8.22. The van der Waals surface area contributed by atoms with E-state index in [1.807, 2.05) is 6.92 Å². The highest BCUT2D eigenvalue weighted by Gasteiger charge is 2.25. The van der Waals surface area contributed by atoms with E-state index in [-0.39, 0.29) is 36.8 Å². The summed E-state index contributed by atoms with van der Waals surface area (Å²) in [5.41, 5.74) is 6.97. The fourth-order valence-corrected chi connectivity index (χ4v) is 1.93. The first kappa shape index (κ1) is 18.1. The molecule has 108 valence electrons. The monoisotopic (exact) mass is 307 g/mol. The normalized spacial score (nSPS) is 18.2. The average molecular weight is 308 g/mol. The number of rotatable bonds is 2. The molecular formula is C12H19Cl2N3O2. The van der Waals surface area contributed by atoms with Crippen molar-refractivity contribution in [3.05, 3.63) is 29.6 Å². The van der Waals surface area contributed by atoms with E-state index < -0.39 is 0 Å². The maximum absolute atomic E-state index is 12.3. The summed E-state index contributed by atoms with van der Waals surface area (Å²) in [6, 6.07) is 3.58. The van der Waals surface area contributed by atoms with Crippen molar-refractivity contribution in [1.82, 2.24) is 9.88 Å². The quantitative estimate of drug-likeness (QED) is 0.886. The van der Waals surface area contributed by atoms with Crippen LogP contribution in [-0.4, -0.2) is 48.1 Å². The largest absolute Gasteiger partial charge is 0.373 e. The van der Waals surface area contributed by atoms with Crippen LogP contribution in [0.15, 0.2) is 18.3 Å². The van der Waals surface area contributed by atoms with Gasteiger partial charge >= 0.3 is 0 Å². The molecule has 1 aromatic rings. The van der Waals surface area contributed by atoms with Crippen LogP contribution in [0.5, 0.6) is 0 Å². The molecule has 1 fully saturated rings. The lowest BCUT2D eigenvalue weighted by Gasteiger charge is -2.32. The van der Waals surface area contributed by atoms with Crippen molar-refractivity contribution in [2.45, 2.75) is 13.0 Å². The molecule has 1 amide bonds. The standard InChI is InChI=1S/C12H17N3O2.2ClH/c1-9-11(3-2-4-14-9)12(16)15-5-6-17-10(7-13)8-15;;/h2-4,10H,5-8,13H2,1H3;2*1H. The predicted octanol–water partition coefficient (Wildman–Crippen LogP) is 1.03. The Bertz CT molecular complexity index is 418. The van der Waals surface area contributed by atoms with Crippen molar-refractivity contribution in [2.75, 3.05) is 26.2 Å². The van der Waals surface area contributed by atoms with Crippen LogP contribution in [0, 0.1) is 6.92 Å². The number of pyridine rings is 1.